The molecule has 53 heavy (non-hydrogen) atoms. The predicted octanol–water partition coefficient (Wildman–Crippen LogP) is 3.25. The fourth-order valence-corrected chi connectivity index (χ4v) is 5.69. The second-order valence-corrected chi connectivity index (χ2v) is 14.0. The summed E-state index contributed by atoms with van der Waals surface area (Å²) in [5.41, 5.74) is 0.398. The van der Waals surface area contributed by atoms with Crippen LogP contribution in [0.3, 0.4) is 0 Å². The number of nitrogens with one attached hydrogen (secondary N) is 1. The van der Waals surface area contributed by atoms with Gasteiger partial charge in [0.2, 0.25) is 10.0 Å². The Labute approximate surface area is 340 Å². The number of hydrogen-bond acceptors (Lipinski definition) is 14. The minimum absolute atomic E-state index is 0. The van der Waals surface area contributed by atoms with Crippen molar-refractivity contribution in [3.05, 3.63) is 108 Å². The third kappa shape index (κ3) is 10.4. The van der Waals surface area contributed by atoms with Crippen molar-refractivity contribution >= 4 is 65.2 Å². The van der Waals surface area contributed by atoms with Crippen LogP contribution >= 0.6 is 11.6 Å². The molecule has 6 aromatic rings. The third-order valence-corrected chi connectivity index (χ3v) is 8.97. The monoisotopic (exact) mass is 829 g/mol. The second-order valence-electron chi connectivity index (χ2n) is 10.5. The summed E-state index contributed by atoms with van der Waals surface area (Å²) in [6, 6.07) is 23.1. The first-order valence-corrected chi connectivity index (χ1v) is 17.7. The Morgan fingerprint density at radius 3 is 2.15 bits per heavy atom. The van der Waals surface area contributed by atoms with E-state index in [-0.39, 0.29) is 102 Å². The third-order valence-electron chi connectivity index (χ3n) is 6.95. The summed E-state index contributed by atoms with van der Waals surface area (Å²) >= 11 is 5.81. The average molecular weight is 830 g/mol. The Morgan fingerprint density at radius 2 is 1.45 bits per heavy atom. The van der Waals surface area contributed by atoms with Gasteiger partial charge in [0.15, 0.2) is 0 Å². The Balaban J connectivity index is 0.000000277. The molecule has 1 unspecified atom stereocenters. The first-order chi connectivity index (χ1) is 24.0. The molecule has 0 fully saturated rings. The second kappa shape index (κ2) is 17.6. The fourth-order valence-electron chi connectivity index (χ4n) is 4.46. The number of fused-ring (bicyclic) bond motifs is 1. The van der Waals surface area contributed by atoms with Gasteiger partial charge in [-0.25, -0.2) is 18.2 Å². The summed E-state index contributed by atoms with van der Waals surface area (Å²) < 4.78 is 53.6. The number of phenols is 2. The molecule has 16 nitrogen and oxygen atoms in total. The van der Waals surface area contributed by atoms with Gasteiger partial charge in [0.05, 0.1) is 22.0 Å². The normalized spacial score (nSPS) is 12.5. The molecule has 0 aliphatic heterocycles. The van der Waals surface area contributed by atoms with E-state index in [9.17, 15) is 37.6 Å². The zero-order chi connectivity index (χ0) is 37.1. The Hall–Kier alpha value is -4.41. The first-order valence-electron chi connectivity index (χ1n) is 14.3. The number of rotatable bonds is 7. The van der Waals surface area contributed by atoms with E-state index < -0.39 is 31.7 Å². The van der Waals surface area contributed by atoms with Gasteiger partial charge in [-0.05, 0) is 66.9 Å². The molecule has 6 rings (SSSR count). The van der Waals surface area contributed by atoms with Crippen molar-refractivity contribution in [3.8, 4) is 28.8 Å². The van der Waals surface area contributed by atoms with Gasteiger partial charge in [-0.2, -0.15) is 10.2 Å². The molecular weight excluding hydrogens is 806 g/mol. The molecule has 21 heteroatoms. The van der Waals surface area contributed by atoms with Crippen molar-refractivity contribution in [2.75, 3.05) is 0 Å². The molecule has 0 saturated heterocycles. The first kappa shape index (κ1) is 43.0. The van der Waals surface area contributed by atoms with E-state index in [0.717, 1.165) is 28.3 Å². The molecule has 0 radical (unpaired) electrons. The van der Waals surface area contributed by atoms with Crippen LogP contribution in [0.2, 0.25) is 5.02 Å². The van der Waals surface area contributed by atoms with Gasteiger partial charge in [-0.15, -0.1) is 15.3 Å². The standard InChI is InChI=1S/C16H14ClN5O4S.C16H13N3O4S.Co.Na/c1-9-15(20-19-13-7-10(17)5-6-14(13)23)16(24)22(21-9)11-3-2-4-12(8-11)27(18,25)26;17-24(22,23)11-6-8-14(20)13(9-11)18-19-16-12-4-2-1-3-10(12)5-7-15(16)21;;/h2-8,23-24H,1H3,(H2,18,25,26);1-9,20-21H,(H2,17,22,23);;/q;;+3;+1/p-3. The minimum Gasteiger partial charge on any atom is -0.871 e. The van der Waals surface area contributed by atoms with Crippen LogP contribution < -0.4 is 44.9 Å². The zero-order valence-corrected chi connectivity index (χ0v) is 32.8. The molecular formula is C32H24ClCoN8NaO8S2+. The van der Waals surface area contributed by atoms with E-state index in [2.05, 4.69) is 25.6 Å². The summed E-state index contributed by atoms with van der Waals surface area (Å²) in [4.78, 5) is -0.470. The molecule has 0 amide bonds. The molecule has 1 heterocycles. The van der Waals surface area contributed by atoms with Gasteiger partial charge >= 0.3 is 46.3 Å². The number of nitrogens with two attached hydrogens (primary N) is 1. The largest absolute Gasteiger partial charge is 3.00 e. The number of halogens is 1. The van der Waals surface area contributed by atoms with Crippen LogP contribution in [0, 0.1) is 11.7 Å². The van der Waals surface area contributed by atoms with E-state index in [4.69, 9.17) is 21.5 Å². The summed E-state index contributed by atoms with van der Waals surface area (Å²) in [5.74, 6) is -1.40. The number of aromatic hydroxyl groups is 2. The van der Waals surface area contributed by atoms with Crippen molar-refractivity contribution in [2.45, 2.75) is 16.7 Å². The van der Waals surface area contributed by atoms with Crippen LogP contribution in [-0.2, 0) is 36.8 Å². The van der Waals surface area contributed by atoms with Crippen LogP contribution in [-0.4, -0.2) is 37.2 Å². The zero-order valence-electron chi connectivity index (χ0n) is 27.4. The Bertz CT molecular complexity index is 2590. The van der Waals surface area contributed by atoms with Gasteiger partial charge < -0.3 is 25.0 Å². The van der Waals surface area contributed by atoms with Crippen molar-refractivity contribution < 1.29 is 83.9 Å². The maximum atomic E-state index is 12.6. The van der Waals surface area contributed by atoms with Crippen LogP contribution in [0.1, 0.15) is 5.69 Å². The van der Waals surface area contributed by atoms with Crippen LogP contribution in [0.15, 0.2) is 127 Å². The molecule has 0 spiro atoms. The van der Waals surface area contributed by atoms with E-state index in [1.807, 2.05) is 12.1 Å². The number of phenolic OH excluding ortho intramolecular Hbond substituents is 2. The predicted molar refractivity (Wildman–Crippen MR) is 182 cm³/mol. The molecule has 0 bridgehead atoms. The number of benzene rings is 5. The molecule has 268 valence electrons. The summed E-state index contributed by atoms with van der Waals surface area (Å²) in [7, 11) is -8.12. The quantitative estimate of drug-likeness (QED) is 0.136. The number of azo groups is 2. The van der Waals surface area contributed by atoms with E-state index in [1.54, 1.807) is 18.2 Å². The van der Waals surface area contributed by atoms with Crippen molar-refractivity contribution in [3.63, 3.8) is 0 Å². The maximum absolute atomic E-state index is 12.6. The number of aryl methyl sites for hydroxylation is 1. The molecule has 5 N–H and O–H groups in total. The average Bonchev–Trinajstić information content (AvgIpc) is 3.37. The van der Waals surface area contributed by atoms with E-state index in [1.165, 1.54) is 55.5 Å². The molecule has 0 aliphatic rings. The summed E-state index contributed by atoms with van der Waals surface area (Å²) in [6.07, 6.45) is 0. The molecule has 1 aromatic heterocycles. The number of aromatic nitrogens is 2. The molecule has 5 aromatic carbocycles. The number of hydrogen-bond donors (Lipinski definition) is 4. The minimum atomic E-state index is -4.19. The topological polar surface area (TPSA) is 278 Å². The molecule has 0 aliphatic carbocycles. The molecule has 1 atom stereocenters. The van der Waals surface area contributed by atoms with Gasteiger partial charge in [0, 0.05) is 31.2 Å². The van der Waals surface area contributed by atoms with Gasteiger partial charge in [0.25, 0.3) is 0 Å². The van der Waals surface area contributed by atoms with E-state index >= 15 is 0 Å². The van der Waals surface area contributed by atoms with Crippen molar-refractivity contribution in [1.29, 1.82) is 4.78 Å². The fraction of sp³-hybridized carbons (Fsp3) is 0.0312. The van der Waals surface area contributed by atoms with Crippen LogP contribution in [0.5, 0.6) is 23.1 Å². The summed E-state index contributed by atoms with van der Waals surface area (Å²) in [5, 5.41) is 70.5. The van der Waals surface area contributed by atoms with Crippen LogP contribution in [0.25, 0.3) is 16.5 Å². The smallest absolute Gasteiger partial charge is 0.871 e. The number of primary sulfonamides is 1. The Kier molecular flexibility index (Phi) is 14.3. The maximum Gasteiger partial charge on any atom is 3.00 e. The SMILES string of the molecule is Cc1nn(-c2cccc(S(=N)(=O)[O-])c2)c([O-])c1N=Nc1cc(Cl)ccc1[O-].NS(=O)(=O)c1ccc(O)c(N=Nc2c(O)ccc3ccccc23)c1.[Co+3].[Na+]. The number of sulfonamides is 1. The van der Waals surface area contributed by atoms with Gasteiger partial charge in [-0.3, -0.25) is 8.99 Å². The van der Waals surface area contributed by atoms with E-state index in [0.29, 0.717) is 10.4 Å². The van der Waals surface area contributed by atoms with Crippen molar-refractivity contribution in [1.82, 2.24) is 9.78 Å². The van der Waals surface area contributed by atoms with Gasteiger partial charge in [0.1, 0.15) is 28.6 Å². The number of nitrogens with zero attached hydrogens (tertiary/aromatic N) is 6. The van der Waals surface area contributed by atoms with Gasteiger partial charge in [-0.1, -0.05) is 59.8 Å². The Morgan fingerprint density at radius 1 is 0.792 bits per heavy atom. The van der Waals surface area contributed by atoms with Crippen LogP contribution in [0.4, 0.5) is 22.7 Å². The molecule has 0 saturated carbocycles. The van der Waals surface area contributed by atoms with Crippen molar-refractivity contribution in [2.24, 2.45) is 25.6 Å². The summed E-state index contributed by atoms with van der Waals surface area (Å²) in [6.45, 7) is 1.52.